The van der Waals surface area contributed by atoms with Crippen molar-refractivity contribution in [3.05, 3.63) is 23.5 Å². The molecule has 0 amide bonds. The molecule has 1 heterocycles. The Labute approximate surface area is 197 Å². The van der Waals surface area contributed by atoms with E-state index in [1.807, 2.05) is 0 Å². The number of esters is 2. The van der Waals surface area contributed by atoms with Crippen LogP contribution >= 0.6 is 0 Å². The molecular formula is C23H40N4O6. The summed E-state index contributed by atoms with van der Waals surface area (Å²) < 4.78 is 20.7. The van der Waals surface area contributed by atoms with E-state index in [4.69, 9.17) is 9.47 Å². The molecule has 10 nitrogen and oxygen atoms in total. The summed E-state index contributed by atoms with van der Waals surface area (Å²) >= 11 is 0. The molecule has 10 heteroatoms. The Morgan fingerprint density at radius 1 is 0.848 bits per heavy atom. The number of carbonyl (C=O) groups is 2. The highest BCUT2D eigenvalue weighted by Crippen LogP contribution is 2.16. The summed E-state index contributed by atoms with van der Waals surface area (Å²) in [6.07, 6.45) is 0. The second kappa shape index (κ2) is 17.2. The van der Waals surface area contributed by atoms with Crippen molar-refractivity contribution in [1.29, 1.82) is 0 Å². The summed E-state index contributed by atoms with van der Waals surface area (Å²) in [6.45, 7) is 15.7. The van der Waals surface area contributed by atoms with Crippen molar-refractivity contribution in [2.45, 2.75) is 20.8 Å². The monoisotopic (exact) mass is 468 g/mol. The zero-order valence-corrected chi connectivity index (χ0v) is 20.7. The molecule has 0 saturated heterocycles. The zero-order chi connectivity index (χ0) is 24.5. The minimum Gasteiger partial charge on any atom is -0.491 e. The molecule has 33 heavy (non-hydrogen) atoms. The van der Waals surface area contributed by atoms with Crippen molar-refractivity contribution < 1.29 is 28.5 Å². The number of hydrogen-bond acceptors (Lipinski definition) is 10. The molecule has 0 aliphatic carbocycles. The summed E-state index contributed by atoms with van der Waals surface area (Å²) in [4.78, 5) is 32.3. The van der Waals surface area contributed by atoms with Crippen LogP contribution < -0.4 is 10.1 Å². The van der Waals surface area contributed by atoms with Crippen LogP contribution in [0.25, 0.3) is 0 Å². The number of nitrogens with zero attached hydrogens (tertiary/aromatic N) is 3. The van der Waals surface area contributed by atoms with Crippen molar-refractivity contribution in [2.24, 2.45) is 0 Å². The van der Waals surface area contributed by atoms with Gasteiger partial charge in [-0.15, -0.1) is 0 Å². The van der Waals surface area contributed by atoms with Gasteiger partial charge >= 0.3 is 11.9 Å². The Morgan fingerprint density at radius 2 is 1.42 bits per heavy atom. The number of ether oxygens (including phenoxy) is 4. The number of nitrogens with one attached hydrogen (secondary N) is 1. The smallest absolute Gasteiger partial charge is 0.356 e. The second-order valence-corrected chi connectivity index (χ2v) is 7.24. The Bertz CT molecular complexity index is 669. The summed E-state index contributed by atoms with van der Waals surface area (Å²) in [7, 11) is 2.48. The quantitative estimate of drug-likeness (QED) is 0.250. The van der Waals surface area contributed by atoms with E-state index in [2.05, 4.69) is 50.3 Å². The molecular weight excluding hydrogens is 428 g/mol. The number of carbonyl (C=O) groups excluding carboxylic acids is 2. The lowest BCUT2D eigenvalue weighted by Crippen LogP contribution is -2.39. The van der Waals surface area contributed by atoms with Crippen LogP contribution in [0.5, 0.6) is 5.75 Å². The summed E-state index contributed by atoms with van der Waals surface area (Å²) in [5.74, 6) is -1.00. The summed E-state index contributed by atoms with van der Waals surface area (Å²) in [5, 5.41) is 3.37. The fourth-order valence-electron chi connectivity index (χ4n) is 3.07. The van der Waals surface area contributed by atoms with Crippen molar-refractivity contribution in [2.75, 3.05) is 86.4 Å². The first-order valence-electron chi connectivity index (χ1n) is 11.5. The summed E-state index contributed by atoms with van der Waals surface area (Å²) in [6, 6.07) is 2.85. The van der Waals surface area contributed by atoms with E-state index in [0.717, 1.165) is 52.4 Å². The normalized spacial score (nSPS) is 11.1. The van der Waals surface area contributed by atoms with Crippen LogP contribution in [0.3, 0.4) is 0 Å². The van der Waals surface area contributed by atoms with Gasteiger partial charge in [-0.25, -0.2) is 14.6 Å². The van der Waals surface area contributed by atoms with Crippen LogP contribution in [0.4, 0.5) is 0 Å². The molecule has 1 rings (SSSR count). The highest BCUT2D eigenvalue weighted by molar-refractivity contribution is 5.92. The molecule has 0 aromatic carbocycles. The standard InChI is InChI=1S/C23H40N4O6/c1-6-24-9-10-26(7-2)11-12-27(8-3)13-14-32-15-16-33-19-17-20(22(28)30-4)25-21(18-19)23(29)31-5/h17-18,24H,6-16H2,1-5H3. The van der Waals surface area contributed by atoms with Gasteiger partial charge < -0.3 is 34.1 Å². The number of likely N-dealkylation sites (N-methyl/N-ethyl adjacent to an activating group) is 3. The highest BCUT2D eigenvalue weighted by Gasteiger charge is 2.16. The lowest BCUT2D eigenvalue weighted by Gasteiger charge is -2.26. The number of aromatic nitrogens is 1. The molecule has 0 saturated carbocycles. The van der Waals surface area contributed by atoms with Gasteiger partial charge in [0.2, 0.25) is 0 Å². The fourth-order valence-corrected chi connectivity index (χ4v) is 3.07. The minimum absolute atomic E-state index is 0.0264. The Kier molecular flexibility index (Phi) is 15.0. The van der Waals surface area contributed by atoms with Gasteiger partial charge in [0.15, 0.2) is 11.4 Å². The van der Waals surface area contributed by atoms with Gasteiger partial charge in [-0.05, 0) is 19.6 Å². The third kappa shape index (κ3) is 11.4. The van der Waals surface area contributed by atoms with Gasteiger partial charge in [0, 0.05) is 44.9 Å². The zero-order valence-electron chi connectivity index (χ0n) is 20.7. The number of rotatable bonds is 18. The van der Waals surface area contributed by atoms with Crippen LogP contribution in [0.2, 0.25) is 0 Å². The van der Waals surface area contributed by atoms with Crippen LogP contribution in [0.1, 0.15) is 41.7 Å². The van der Waals surface area contributed by atoms with Crippen LogP contribution in [0.15, 0.2) is 12.1 Å². The lowest BCUT2D eigenvalue weighted by atomic mass is 10.2. The maximum atomic E-state index is 11.8. The molecule has 0 aliphatic heterocycles. The molecule has 1 aromatic heterocycles. The third-order valence-corrected chi connectivity index (χ3v) is 5.12. The fraction of sp³-hybridized carbons (Fsp3) is 0.696. The van der Waals surface area contributed by atoms with E-state index in [9.17, 15) is 9.59 Å². The van der Waals surface area contributed by atoms with Gasteiger partial charge in [0.25, 0.3) is 0 Å². The first-order chi connectivity index (χ1) is 16.0. The van der Waals surface area contributed by atoms with Crippen molar-refractivity contribution >= 4 is 11.9 Å². The van der Waals surface area contributed by atoms with E-state index >= 15 is 0 Å². The molecule has 0 bridgehead atoms. The van der Waals surface area contributed by atoms with Crippen molar-refractivity contribution in [3.63, 3.8) is 0 Å². The Hall–Kier alpha value is -2.27. The molecule has 0 unspecified atom stereocenters. The maximum Gasteiger partial charge on any atom is 0.356 e. The average Bonchev–Trinajstić information content (AvgIpc) is 2.85. The number of hydrogen-bond donors (Lipinski definition) is 1. The van der Waals surface area contributed by atoms with Gasteiger partial charge in [-0.1, -0.05) is 20.8 Å². The molecule has 1 N–H and O–H groups in total. The predicted molar refractivity (Wildman–Crippen MR) is 126 cm³/mol. The molecule has 1 aromatic rings. The average molecular weight is 469 g/mol. The topological polar surface area (TPSA) is 102 Å². The van der Waals surface area contributed by atoms with E-state index in [1.165, 1.54) is 26.4 Å². The molecule has 0 spiro atoms. The highest BCUT2D eigenvalue weighted by atomic mass is 16.5. The van der Waals surface area contributed by atoms with Gasteiger partial charge in [-0.3, -0.25) is 0 Å². The van der Waals surface area contributed by atoms with E-state index in [-0.39, 0.29) is 18.0 Å². The Morgan fingerprint density at radius 3 is 1.94 bits per heavy atom. The van der Waals surface area contributed by atoms with Gasteiger partial charge in [0.1, 0.15) is 12.4 Å². The first-order valence-corrected chi connectivity index (χ1v) is 11.5. The van der Waals surface area contributed by atoms with Crippen LogP contribution in [-0.4, -0.2) is 113 Å². The lowest BCUT2D eigenvalue weighted by molar-refractivity contribution is 0.0583. The van der Waals surface area contributed by atoms with E-state index in [0.29, 0.717) is 19.0 Å². The van der Waals surface area contributed by atoms with E-state index < -0.39 is 11.9 Å². The van der Waals surface area contributed by atoms with Gasteiger partial charge in [-0.2, -0.15) is 0 Å². The van der Waals surface area contributed by atoms with Crippen LogP contribution in [0, 0.1) is 0 Å². The minimum atomic E-state index is -0.662. The molecule has 0 atom stereocenters. The maximum absolute atomic E-state index is 11.8. The second-order valence-electron chi connectivity index (χ2n) is 7.24. The Balaban J connectivity index is 2.39. The van der Waals surface area contributed by atoms with Crippen LogP contribution in [-0.2, 0) is 14.2 Å². The predicted octanol–water partition coefficient (Wildman–Crippen LogP) is 1.30. The molecule has 0 fully saturated rings. The van der Waals surface area contributed by atoms with Gasteiger partial charge in [0.05, 0.1) is 27.4 Å². The number of pyridine rings is 1. The molecule has 0 aliphatic rings. The summed E-state index contributed by atoms with van der Waals surface area (Å²) in [5.41, 5.74) is -0.0528. The van der Waals surface area contributed by atoms with Crippen molar-refractivity contribution in [1.82, 2.24) is 20.1 Å². The number of methoxy groups -OCH3 is 2. The largest absolute Gasteiger partial charge is 0.491 e. The molecule has 188 valence electrons. The van der Waals surface area contributed by atoms with Crippen molar-refractivity contribution in [3.8, 4) is 5.75 Å². The first kappa shape index (κ1) is 28.8. The molecule has 0 radical (unpaired) electrons. The van der Waals surface area contributed by atoms with E-state index in [1.54, 1.807) is 0 Å². The third-order valence-electron chi connectivity index (χ3n) is 5.12. The SMILES string of the molecule is CCNCCN(CC)CCN(CC)CCOCCOc1cc(C(=O)OC)nc(C(=O)OC)c1.